The van der Waals surface area contributed by atoms with E-state index in [1.165, 1.54) is 12.4 Å². The Morgan fingerprint density at radius 3 is 2.06 bits per heavy atom. The van der Waals surface area contributed by atoms with Gasteiger partial charge in [-0.15, -0.1) is 0 Å². The monoisotopic (exact) mass is 445 g/mol. The summed E-state index contributed by atoms with van der Waals surface area (Å²) in [5.41, 5.74) is 1.49. The zero-order valence-corrected chi connectivity index (χ0v) is 19.2. The number of pyridine rings is 1. The Kier molecular flexibility index (Phi) is 8.58. The van der Waals surface area contributed by atoms with Gasteiger partial charge in [0.15, 0.2) is 0 Å². The number of nitrogens with one attached hydrogen (secondary N) is 2. The largest absolute Gasteiger partial charge is 0.352 e. The number of carbonyl (C=O) groups excluding carboxylic acids is 2. The fourth-order valence-electron chi connectivity index (χ4n) is 3.55. The quantitative estimate of drug-likeness (QED) is 0.464. The highest BCUT2D eigenvalue weighted by molar-refractivity contribution is 5.99. The van der Waals surface area contributed by atoms with Crippen molar-refractivity contribution in [2.45, 2.75) is 39.2 Å². The van der Waals surface area contributed by atoms with Crippen molar-refractivity contribution >= 4 is 11.8 Å². The molecule has 1 heterocycles. The molecule has 172 valence electrons. The molecule has 0 fully saturated rings. The van der Waals surface area contributed by atoms with Crippen LogP contribution < -0.4 is 16.1 Å². The number of rotatable bonds is 10. The Labute approximate surface area is 194 Å². The topological polar surface area (TPSA) is 80.2 Å². The van der Waals surface area contributed by atoms with Gasteiger partial charge in [0, 0.05) is 32.0 Å². The molecule has 2 aromatic carbocycles. The fourth-order valence-corrected chi connectivity index (χ4v) is 3.55. The number of nitrogens with zero attached hydrogens (tertiary/aromatic N) is 1. The van der Waals surface area contributed by atoms with E-state index in [1.807, 2.05) is 74.5 Å². The van der Waals surface area contributed by atoms with Gasteiger partial charge in [0.1, 0.15) is 11.1 Å². The predicted octanol–water partition coefficient (Wildman–Crippen LogP) is 3.96. The van der Waals surface area contributed by atoms with Crippen LogP contribution in [0.1, 0.15) is 64.4 Å². The Morgan fingerprint density at radius 1 is 0.879 bits per heavy atom. The van der Waals surface area contributed by atoms with Crippen LogP contribution in [-0.2, 0) is 6.54 Å². The van der Waals surface area contributed by atoms with E-state index in [-0.39, 0.29) is 17.0 Å². The number of benzene rings is 2. The summed E-state index contributed by atoms with van der Waals surface area (Å²) in [5, 5.41) is 5.65. The SMILES string of the molecule is CCCCNC(=O)c1cn(Cc2ccccc2)cc(C(=O)NC[C@H](C)c2ccccc2)c1=O. The molecule has 0 unspecified atom stereocenters. The second kappa shape index (κ2) is 11.8. The highest BCUT2D eigenvalue weighted by Crippen LogP contribution is 2.13. The molecule has 0 aliphatic rings. The maximum absolute atomic E-state index is 13.1. The number of amides is 2. The van der Waals surface area contributed by atoms with Crippen molar-refractivity contribution in [1.82, 2.24) is 15.2 Å². The lowest BCUT2D eigenvalue weighted by atomic mass is 10.0. The third-order valence-corrected chi connectivity index (χ3v) is 5.53. The molecule has 3 aromatic rings. The van der Waals surface area contributed by atoms with E-state index in [9.17, 15) is 14.4 Å². The van der Waals surface area contributed by atoms with Crippen molar-refractivity contribution in [2.75, 3.05) is 13.1 Å². The van der Waals surface area contributed by atoms with Crippen LogP contribution in [0, 0.1) is 0 Å². The maximum Gasteiger partial charge on any atom is 0.256 e. The van der Waals surface area contributed by atoms with Crippen molar-refractivity contribution in [3.8, 4) is 0 Å². The van der Waals surface area contributed by atoms with Crippen LogP contribution in [0.4, 0.5) is 0 Å². The molecule has 6 nitrogen and oxygen atoms in total. The Bertz CT molecular complexity index is 1120. The van der Waals surface area contributed by atoms with Gasteiger partial charge in [0.05, 0.1) is 0 Å². The molecule has 0 spiro atoms. The van der Waals surface area contributed by atoms with E-state index in [0.717, 1.165) is 24.0 Å². The van der Waals surface area contributed by atoms with Crippen LogP contribution in [0.2, 0.25) is 0 Å². The molecule has 0 aliphatic carbocycles. The van der Waals surface area contributed by atoms with Gasteiger partial charge in [-0.1, -0.05) is 80.9 Å². The molecule has 0 radical (unpaired) electrons. The van der Waals surface area contributed by atoms with Gasteiger partial charge >= 0.3 is 0 Å². The van der Waals surface area contributed by atoms with Crippen molar-refractivity contribution in [3.05, 3.63) is 106 Å². The summed E-state index contributed by atoms with van der Waals surface area (Å²) < 4.78 is 1.72. The number of unbranched alkanes of at least 4 members (excludes halogenated alkanes) is 1. The van der Waals surface area contributed by atoms with Crippen molar-refractivity contribution in [3.63, 3.8) is 0 Å². The highest BCUT2D eigenvalue weighted by atomic mass is 16.2. The second-order valence-corrected chi connectivity index (χ2v) is 8.20. The minimum Gasteiger partial charge on any atom is -0.352 e. The fraction of sp³-hybridized carbons (Fsp3) is 0.296. The molecule has 1 atom stereocenters. The molecule has 6 heteroatoms. The number of aromatic nitrogens is 1. The third-order valence-electron chi connectivity index (χ3n) is 5.53. The van der Waals surface area contributed by atoms with Gasteiger partial charge in [0.2, 0.25) is 5.43 Å². The highest BCUT2D eigenvalue weighted by Gasteiger charge is 2.20. The summed E-state index contributed by atoms with van der Waals surface area (Å²) in [6, 6.07) is 19.6. The molecule has 0 saturated heterocycles. The van der Waals surface area contributed by atoms with Gasteiger partial charge in [-0.2, -0.15) is 0 Å². The first-order valence-electron chi connectivity index (χ1n) is 11.4. The summed E-state index contributed by atoms with van der Waals surface area (Å²) in [4.78, 5) is 38.8. The second-order valence-electron chi connectivity index (χ2n) is 8.20. The Balaban J connectivity index is 1.85. The molecular formula is C27H31N3O3. The molecule has 1 aromatic heterocycles. The van der Waals surface area contributed by atoms with Crippen LogP contribution in [0.5, 0.6) is 0 Å². The van der Waals surface area contributed by atoms with Crippen LogP contribution >= 0.6 is 0 Å². The number of carbonyl (C=O) groups is 2. The lowest BCUT2D eigenvalue weighted by Gasteiger charge is -2.15. The molecule has 0 saturated carbocycles. The van der Waals surface area contributed by atoms with E-state index in [1.54, 1.807) is 4.57 Å². The zero-order valence-electron chi connectivity index (χ0n) is 19.2. The van der Waals surface area contributed by atoms with E-state index in [2.05, 4.69) is 10.6 Å². The van der Waals surface area contributed by atoms with E-state index in [4.69, 9.17) is 0 Å². The summed E-state index contributed by atoms with van der Waals surface area (Å²) in [6.07, 6.45) is 4.81. The van der Waals surface area contributed by atoms with E-state index in [0.29, 0.717) is 19.6 Å². The number of hydrogen-bond donors (Lipinski definition) is 2. The lowest BCUT2D eigenvalue weighted by molar-refractivity contribution is 0.0949. The van der Waals surface area contributed by atoms with Crippen molar-refractivity contribution in [2.24, 2.45) is 0 Å². The van der Waals surface area contributed by atoms with Crippen LogP contribution in [0.25, 0.3) is 0 Å². The molecule has 2 amide bonds. The summed E-state index contributed by atoms with van der Waals surface area (Å²) in [6.45, 7) is 5.35. The first kappa shape index (κ1) is 24.0. The summed E-state index contributed by atoms with van der Waals surface area (Å²) >= 11 is 0. The van der Waals surface area contributed by atoms with Crippen LogP contribution in [0.3, 0.4) is 0 Å². The minimum atomic E-state index is -0.557. The average molecular weight is 446 g/mol. The molecular weight excluding hydrogens is 414 g/mol. The lowest BCUT2D eigenvalue weighted by Crippen LogP contribution is -2.36. The van der Waals surface area contributed by atoms with Gasteiger partial charge in [-0.3, -0.25) is 14.4 Å². The normalized spacial score (nSPS) is 11.6. The van der Waals surface area contributed by atoms with E-state index >= 15 is 0 Å². The Morgan fingerprint density at radius 2 is 1.45 bits per heavy atom. The summed E-state index contributed by atoms with van der Waals surface area (Å²) in [5.74, 6) is -0.849. The third kappa shape index (κ3) is 6.65. The van der Waals surface area contributed by atoms with Gasteiger partial charge < -0.3 is 15.2 Å². The first-order valence-corrected chi connectivity index (χ1v) is 11.4. The minimum absolute atomic E-state index is 0.0224. The molecule has 33 heavy (non-hydrogen) atoms. The van der Waals surface area contributed by atoms with E-state index < -0.39 is 17.2 Å². The zero-order chi connectivity index (χ0) is 23.6. The molecule has 2 N–H and O–H groups in total. The van der Waals surface area contributed by atoms with Crippen LogP contribution in [-0.4, -0.2) is 29.5 Å². The molecule has 3 rings (SSSR count). The van der Waals surface area contributed by atoms with Gasteiger partial charge in [-0.25, -0.2) is 0 Å². The van der Waals surface area contributed by atoms with Crippen LogP contribution in [0.15, 0.2) is 77.9 Å². The molecule has 0 bridgehead atoms. The first-order chi connectivity index (χ1) is 16.0. The van der Waals surface area contributed by atoms with Gasteiger partial charge in [0.25, 0.3) is 11.8 Å². The smallest absolute Gasteiger partial charge is 0.256 e. The standard InChI is InChI=1S/C27H31N3O3/c1-3-4-15-28-26(32)23-18-30(17-21-11-7-5-8-12-21)19-24(25(23)31)27(33)29-16-20(2)22-13-9-6-10-14-22/h5-14,18-20H,3-4,15-17H2,1-2H3,(H,28,32)(H,29,33)/t20-/m0/s1. The maximum atomic E-state index is 13.1. The van der Waals surface area contributed by atoms with Crippen molar-refractivity contribution < 1.29 is 9.59 Å². The predicted molar refractivity (Wildman–Crippen MR) is 131 cm³/mol. The number of hydrogen-bond acceptors (Lipinski definition) is 3. The molecule has 0 aliphatic heterocycles. The van der Waals surface area contributed by atoms with Crippen molar-refractivity contribution in [1.29, 1.82) is 0 Å². The summed E-state index contributed by atoms with van der Waals surface area (Å²) in [7, 11) is 0. The van der Waals surface area contributed by atoms with Gasteiger partial charge in [-0.05, 0) is 23.5 Å². The average Bonchev–Trinajstić information content (AvgIpc) is 2.84. The Hall–Kier alpha value is -3.67.